The number of fused-ring (bicyclic) bond motifs is 2. The maximum atomic E-state index is 13.9. The first-order valence-corrected chi connectivity index (χ1v) is 12.4. The van der Waals surface area contributed by atoms with Gasteiger partial charge in [0.25, 0.3) is 0 Å². The van der Waals surface area contributed by atoms with E-state index in [2.05, 4.69) is 0 Å². The average Bonchev–Trinajstić information content (AvgIpc) is 2.82. The van der Waals surface area contributed by atoms with Gasteiger partial charge in [-0.1, -0.05) is 42.0 Å². The number of hydrogen-bond acceptors (Lipinski definition) is 6. The molecule has 1 aliphatic heterocycles. The van der Waals surface area contributed by atoms with Crippen molar-refractivity contribution in [2.24, 2.45) is 0 Å². The van der Waals surface area contributed by atoms with Crippen molar-refractivity contribution in [2.75, 3.05) is 13.7 Å². The minimum absolute atomic E-state index is 0.0278. The van der Waals surface area contributed by atoms with E-state index in [4.69, 9.17) is 9.47 Å². The van der Waals surface area contributed by atoms with Crippen LogP contribution in [0.2, 0.25) is 0 Å². The van der Waals surface area contributed by atoms with Crippen LogP contribution < -0.4 is 0 Å². The van der Waals surface area contributed by atoms with Crippen molar-refractivity contribution in [1.29, 1.82) is 0 Å². The Labute approximate surface area is 199 Å². The number of sulfonamides is 1. The van der Waals surface area contributed by atoms with Crippen molar-refractivity contribution in [3.63, 3.8) is 0 Å². The molecular weight excluding hydrogens is 454 g/mol. The molecule has 0 spiro atoms. The fraction of sp³-hybridized carbons (Fsp3) is 0.308. The zero-order valence-corrected chi connectivity index (χ0v) is 20.4. The Morgan fingerprint density at radius 1 is 1.06 bits per heavy atom. The molecule has 0 amide bonds. The highest BCUT2D eigenvalue weighted by Gasteiger charge is 2.59. The molecule has 4 rings (SSSR count). The molecule has 34 heavy (non-hydrogen) atoms. The normalized spacial score (nSPS) is 20.5. The van der Waals surface area contributed by atoms with Gasteiger partial charge in [-0.25, -0.2) is 13.2 Å². The lowest BCUT2D eigenvalue weighted by Gasteiger charge is -2.46. The number of ether oxygens (including phenoxy) is 2. The molecule has 178 valence electrons. The number of aryl methyl sites for hydroxylation is 1. The number of carbonyl (C=O) groups excluding carboxylic acids is 2. The quantitative estimate of drug-likeness (QED) is 0.513. The second kappa shape index (κ2) is 8.85. The molecule has 3 aromatic carbocycles. The molecular formula is C26H27NO6S. The van der Waals surface area contributed by atoms with Crippen molar-refractivity contribution in [2.45, 2.75) is 43.7 Å². The minimum atomic E-state index is -4.19. The molecule has 8 heteroatoms. The first-order chi connectivity index (χ1) is 16.1. The topological polar surface area (TPSA) is 90.0 Å². The maximum Gasteiger partial charge on any atom is 0.328 e. The molecule has 0 aliphatic carbocycles. The Hall–Kier alpha value is -3.23. The molecule has 0 saturated carbocycles. The Bertz CT molecular complexity index is 1370. The van der Waals surface area contributed by atoms with E-state index in [-0.39, 0.29) is 18.0 Å². The van der Waals surface area contributed by atoms with E-state index in [0.29, 0.717) is 11.1 Å². The zero-order chi connectivity index (χ0) is 24.7. The highest BCUT2D eigenvalue weighted by atomic mass is 32.2. The van der Waals surface area contributed by atoms with E-state index < -0.39 is 33.4 Å². The monoisotopic (exact) mass is 481 g/mol. The number of carbonyl (C=O) groups is 2. The number of nitrogens with zero attached hydrogens (tertiary/aromatic N) is 1. The smallest absolute Gasteiger partial charge is 0.328 e. The van der Waals surface area contributed by atoms with Gasteiger partial charge >= 0.3 is 11.9 Å². The summed E-state index contributed by atoms with van der Waals surface area (Å²) in [4.78, 5) is 26.7. The van der Waals surface area contributed by atoms with Crippen molar-refractivity contribution in [3.05, 3.63) is 77.4 Å². The number of rotatable bonds is 5. The van der Waals surface area contributed by atoms with Gasteiger partial charge in [-0.05, 0) is 66.9 Å². The molecule has 0 N–H and O–H groups in total. The number of esters is 2. The van der Waals surface area contributed by atoms with E-state index in [1.54, 1.807) is 19.1 Å². The van der Waals surface area contributed by atoms with E-state index in [9.17, 15) is 18.0 Å². The van der Waals surface area contributed by atoms with Crippen molar-refractivity contribution >= 4 is 32.7 Å². The van der Waals surface area contributed by atoms with Crippen LogP contribution in [-0.4, -0.2) is 43.9 Å². The van der Waals surface area contributed by atoms with E-state index >= 15 is 0 Å². The average molecular weight is 482 g/mol. The van der Waals surface area contributed by atoms with Gasteiger partial charge in [0.05, 0.1) is 18.6 Å². The first kappa shape index (κ1) is 23.9. The maximum absolute atomic E-state index is 13.9. The molecule has 2 atom stereocenters. The Kier molecular flexibility index (Phi) is 6.22. The van der Waals surface area contributed by atoms with Crippen molar-refractivity contribution < 1.29 is 27.5 Å². The van der Waals surface area contributed by atoms with Crippen LogP contribution in [0.4, 0.5) is 0 Å². The number of hydrogen-bond donors (Lipinski definition) is 0. The van der Waals surface area contributed by atoms with Gasteiger partial charge in [0.15, 0.2) is 0 Å². The summed E-state index contributed by atoms with van der Waals surface area (Å²) in [5, 5.41) is 1.77. The van der Waals surface area contributed by atoms with E-state index in [1.807, 2.05) is 43.3 Å². The van der Waals surface area contributed by atoms with E-state index in [0.717, 1.165) is 20.6 Å². The summed E-state index contributed by atoms with van der Waals surface area (Å²) in [5.74, 6) is -2.73. The molecule has 0 fully saturated rings. The van der Waals surface area contributed by atoms with Gasteiger partial charge in [0.2, 0.25) is 10.0 Å². The predicted octanol–water partition coefficient (Wildman–Crippen LogP) is 3.93. The van der Waals surface area contributed by atoms with Gasteiger partial charge in [0, 0.05) is 6.54 Å². The van der Waals surface area contributed by atoms with Crippen LogP contribution in [-0.2, 0) is 35.6 Å². The third-order valence-corrected chi connectivity index (χ3v) is 8.40. The molecule has 0 aromatic heterocycles. The number of methoxy groups -OCH3 is 1. The van der Waals surface area contributed by atoms with Crippen LogP contribution in [0, 0.1) is 6.92 Å². The highest BCUT2D eigenvalue weighted by Crippen LogP contribution is 2.46. The fourth-order valence-electron chi connectivity index (χ4n) is 4.66. The second-order valence-corrected chi connectivity index (χ2v) is 10.4. The lowest BCUT2D eigenvalue weighted by molar-refractivity contribution is -0.162. The first-order valence-electron chi connectivity index (χ1n) is 11.0. The predicted molar refractivity (Wildman–Crippen MR) is 128 cm³/mol. The molecule has 1 unspecified atom stereocenters. The molecule has 0 bridgehead atoms. The summed E-state index contributed by atoms with van der Waals surface area (Å²) < 4.78 is 39.3. The molecule has 0 radical (unpaired) electrons. The SMILES string of the molecule is CCOC(=O)C1c2cc3ccccc3cc2CN(S(=O)(=O)c2ccc(C)cc2)[C@@]1(C)C(=O)OC. The van der Waals surface area contributed by atoms with Crippen LogP contribution in [0.3, 0.4) is 0 Å². The molecule has 1 aliphatic rings. The summed E-state index contributed by atoms with van der Waals surface area (Å²) >= 11 is 0. The third-order valence-electron chi connectivity index (χ3n) is 6.44. The van der Waals surface area contributed by atoms with E-state index in [1.165, 1.54) is 26.2 Å². The lowest BCUT2D eigenvalue weighted by Crippen LogP contribution is -2.62. The third kappa shape index (κ3) is 3.76. The van der Waals surface area contributed by atoms with Crippen LogP contribution in [0.25, 0.3) is 10.8 Å². The van der Waals surface area contributed by atoms with Crippen LogP contribution in [0.1, 0.15) is 36.5 Å². The summed E-state index contributed by atoms with van der Waals surface area (Å²) in [7, 11) is -3.01. The zero-order valence-electron chi connectivity index (χ0n) is 19.6. The summed E-state index contributed by atoms with van der Waals surface area (Å²) in [6.45, 7) is 4.94. The molecule has 0 saturated heterocycles. The second-order valence-electron chi connectivity index (χ2n) is 8.55. The Morgan fingerprint density at radius 3 is 2.26 bits per heavy atom. The molecule has 3 aromatic rings. The van der Waals surface area contributed by atoms with Crippen molar-refractivity contribution in [1.82, 2.24) is 4.31 Å². The highest BCUT2D eigenvalue weighted by molar-refractivity contribution is 7.89. The summed E-state index contributed by atoms with van der Waals surface area (Å²) in [5.41, 5.74) is 0.226. The Morgan fingerprint density at radius 2 is 1.68 bits per heavy atom. The van der Waals surface area contributed by atoms with Crippen LogP contribution in [0.5, 0.6) is 0 Å². The van der Waals surface area contributed by atoms with Crippen molar-refractivity contribution in [3.8, 4) is 0 Å². The summed E-state index contributed by atoms with van der Waals surface area (Å²) in [6, 6.07) is 17.7. The van der Waals surface area contributed by atoms with Gasteiger partial charge in [-0.3, -0.25) is 4.79 Å². The van der Waals surface area contributed by atoms with Gasteiger partial charge in [-0.15, -0.1) is 0 Å². The minimum Gasteiger partial charge on any atom is -0.468 e. The largest absolute Gasteiger partial charge is 0.468 e. The Balaban J connectivity index is 2.01. The van der Waals surface area contributed by atoms with Gasteiger partial charge < -0.3 is 9.47 Å². The van der Waals surface area contributed by atoms with Gasteiger partial charge in [0.1, 0.15) is 11.5 Å². The fourth-order valence-corrected chi connectivity index (χ4v) is 6.38. The number of benzene rings is 3. The standard InChI is InChI=1S/C26H27NO6S/c1-5-33-24(28)23-22-15-19-9-7-6-8-18(19)14-20(22)16-27(26(23,3)25(29)32-4)34(30,31)21-12-10-17(2)11-13-21/h6-15,23H,5,16H2,1-4H3/t23?,26-/m1/s1. The van der Waals surface area contributed by atoms with Crippen LogP contribution >= 0.6 is 0 Å². The summed E-state index contributed by atoms with van der Waals surface area (Å²) in [6.07, 6.45) is 0. The van der Waals surface area contributed by atoms with Gasteiger partial charge in [-0.2, -0.15) is 4.31 Å². The van der Waals surface area contributed by atoms with Crippen LogP contribution in [0.15, 0.2) is 65.6 Å². The molecule has 1 heterocycles. The molecule has 7 nitrogen and oxygen atoms in total. The lowest BCUT2D eigenvalue weighted by atomic mass is 9.74.